The Hall–Kier alpha value is -1.66. The topological polar surface area (TPSA) is 61.0 Å². The van der Waals surface area contributed by atoms with E-state index in [0.717, 1.165) is 37.1 Å². The molecule has 118 valence electrons. The summed E-state index contributed by atoms with van der Waals surface area (Å²) >= 11 is 1.67. The molecule has 1 atom stereocenters. The van der Waals surface area contributed by atoms with E-state index in [9.17, 15) is 4.79 Å². The summed E-state index contributed by atoms with van der Waals surface area (Å²) in [6.45, 7) is 1.58. The van der Waals surface area contributed by atoms with Crippen molar-refractivity contribution in [1.82, 2.24) is 20.4 Å². The Labute approximate surface area is 134 Å². The van der Waals surface area contributed by atoms with Crippen LogP contribution >= 0.6 is 11.3 Å². The van der Waals surface area contributed by atoms with Crippen LogP contribution < -0.4 is 5.32 Å². The van der Waals surface area contributed by atoms with Crippen LogP contribution in [0.4, 0.5) is 0 Å². The van der Waals surface area contributed by atoms with Crippen molar-refractivity contribution in [2.24, 2.45) is 5.92 Å². The van der Waals surface area contributed by atoms with E-state index in [-0.39, 0.29) is 11.8 Å². The van der Waals surface area contributed by atoms with Gasteiger partial charge in [-0.2, -0.15) is 16.4 Å². The van der Waals surface area contributed by atoms with Gasteiger partial charge in [-0.25, -0.2) is 0 Å². The third-order valence-corrected chi connectivity index (χ3v) is 4.85. The number of aromatic amines is 1. The zero-order chi connectivity index (χ0) is 15.5. The van der Waals surface area contributed by atoms with Gasteiger partial charge in [0.2, 0.25) is 5.91 Å². The van der Waals surface area contributed by atoms with E-state index in [4.69, 9.17) is 0 Å². The maximum Gasteiger partial charge on any atom is 0.223 e. The molecule has 1 aliphatic carbocycles. The summed E-state index contributed by atoms with van der Waals surface area (Å²) in [5.74, 6) is 0.231. The smallest absolute Gasteiger partial charge is 0.223 e. The number of carbonyl (C=O) groups is 1. The van der Waals surface area contributed by atoms with Crippen LogP contribution in [0.25, 0.3) is 11.3 Å². The third-order valence-electron chi connectivity index (χ3n) is 4.17. The fourth-order valence-corrected chi connectivity index (χ4v) is 3.54. The largest absolute Gasteiger partial charge is 0.355 e. The molecule has 0 saturated heterocycles. The molecular formula is C16H22N4OS. The van der Waals surface area contributed by atoms with E-state index in [2.05, 4.69) is 37.2 Å². The molecule has 22 heavy (non-hydrogen) atoms. The summed E-state index contributed by atoms with van der Waals surface area (Å²) in [5, 5.41) is 14.8. The number of rotatable bonds is 5. The van der Waals surface area contributed by atoms with Crippen LogP contribution in [0.15, 0.2) is 16.8 Å². The Bertz CT molecular complexity index is 633. The molecular weight excluding hydrogens is 296 g/mol. The van der Waals surface area contributed by atoms with Crippen LogP contribution in [0, 0.1) is 5.92 Å². The van der Waals surface area contributed by atoms with Gasteiger partial charge in [-0.15, -0.1) is 0 Å². The molecule has 2 N–H and O–H groups in total. The predicted molar refractivity (Wildman–Crippen MR) is 89.0 cm³/mol. The van der Waals surface area contributed by atoms with E-state index in [0.29, 0.717) is 6.54 Å². The summed E-state index contributed by atoms with van der Waals surface area (Å²) in [5.41, 5.74) is 4.58. The standard InChI is InChI=1S/C16H22N4OS/c1-20(2)7-6-17-16(21)11-3-4-14-13(9-11)15(19-18-14)12-5-8-22-10-12/h5,8,10-11H,3-4,6-7,9H2,1-2H3,(H,17,21)(H,18,19)/t11-/m1/s1. The minimum absolute atomic E-state index is 0.0599. The quantitative estimate of drug-likeness (QED) is 0.885. The normalized spacial score (nSPS) is 17.5. The Morgan fingerprint density at radius 1 is 1.55 bits per heavy atom. The maximum atomic E-state index is 12.4. The molecule has 0 radical (unpaired) electrons. The van der Waals surface area contributed by atoms with Crippen LogP contribution in [0.2, 0.25) is 0 Å². The van der Waals surface area contributed by atoms with Gasteiger partial charge in [0.15, 0.2) is 0 Å². The highest BCUT2D eigenvalue weighted by Gasteiger charge is 2.28. The number of likely N-dealkylation sites (N-methyl/N-ethyl adjacent to an activating group) is 1. The third kappa shape index (κ3) is 3.23. The zero-order valence-corrected chi connectivity index (χ0v) is 13.9. The van der Waals surface area contributed by atoms with Gasteiger partial charge in [-0.1, -0.05) is 0 Å². The number of aromatic nitrogens is 2. The highest BCUT2D eigenvalue weighted by molar-refractivity contribution is 7.08. The minimum Gasteiger partial charge on any atom is -0.355 e. The summed E-state index contributed by atoms with van der Waals surface area (Å²) in [6, 6.07) is 2.09. The van der Waals surface area contributed by atoms with Gasteiger partial charge in [-0.05, 0) is 44.8 Å². The zero-order valence-electron chi connectivity index (χ0n) is 13.1. The van der Waals surface area contributed by atoms with Gasteiger partial charge in [0.25, 0.3) is 0 Å². The number of carbonyl (C=O) groups excluding carboxylic acids is 1. The van der Waals surface area contributed by atoms with Crippen LogP contribution in [-0.4, -0.2) is 48.2 Å². The highest BCUT2D eigenvalue weighted by Crippen LogP contribution is 2.32. The number of hydrogen-bond acceptors (Lipinski definition) is 4. The van der Waals surface area contributed by atoms with Crippen molar-refractivity contribution in [2.75, 3.05) is 27.2 Å². The van der Waals surface area contributed by atoms with E-state index in [1.165, 1.54) is 11.3 Å². The second-order valence-electron chi connectivity index (χ2n) is 6.08. The molecule has 0 unspecified atom stereocenters. The number of amides is 1. The van der Waals surface area contributed by atoms with Crippen molar-refractivity contribution in [3.8, 4) is 11.3 Å². The number of thiophene rings is 1. The predicted octanol–water partition coefficient (Wildman–Crippen LogP) is 1.92. The van der Waals surface area contributed by atoms with Crippen LogP contribution in [-0.2, 0) is 17.6 Å². The average molecular weight is 318 g/mol. The Kier molecular flexibility index (Phi) is 4.59. The molecule has 0 bridgehead atoms. The van der Waals surface area contributed by atoms with Crippen molar-refractivity contribution < 1.29 is 4.79 Å². The fraction of sp³-hybridized carbons (Fsp3) is 0.500. The highest BCUT2D eigenvalue weighted by atomic mass is 32.1. The summed E-state index contributed by atoms with van der Waals surface area (Å²) < 4.78 is 0. The number of aryl methyl sites for hydroxylation is 1. The van der Waals surface area contributed by atoms with Crippen LogP contribution in [0.5, 0.6) is 0 Å². The fourth-order valence-electron chi connectivity index (χ4n) is 2.90. The molecule has 5 nitrogen and oxygen atoms in total. The number of fused-ring (bicyclic) bond motifs is 1. The molecule has 1 amide bonds. The Morgan fingerprint density at radius 2 is 2.41 bits per heavy atom. The first-order valence-corrected chi connectivity index (χ1v) is 8.60. The van der Waals surface area contributed by atoms with Gasteiger partial charge < -0.3 is 10.2 Å². The number of nitrogens with one attached hydrogen (secondary N) is 2. The molecule has 3 rings (SSSR count). The molecule has 1 aliphatic rings. The van der Waals surface area contributed by atoms with Gasteiger partial charge in [0.1, 0.15) is 0 Å². The first-order valence-electron chi connectivity index (χ1n) is 7.66. The summed E-state index contributed by atoms with van der Waals surface area (Å²) in [4.78, 5) is 14.4. The molecule has 0 saturated carbocycles. The van der Waals surface area contributed by atoms with Crippen LogP contribution in [0.1, 0.15) is 17.7 Å². The second-order valence-corrected chi connectivity index (χ2v) is 6.86. The van der Waals surface area contributed by atoms with Crippen molar-refractivity contribution in [2.45, 2.75) is 19.3 Å². The number of hydrogen-bond donors (Lipinski definition) is 2. The van der Waals surface area contributed by atoms with Gasteiger partial charge in [-0.3, -0.25) is 9.89 Å². The first-order chi connectivity index (χ1) is 10.6. The molecule has 0 fully saturated rings. The van der Waals surface area contributed by atoms with E-state index >= 15 is 0 Å². The number of H-pyrrole nitrogens is 1. The van der Waals surface area contributed by atoms with Gasteiger partial charge in [0.05, 0.1) is 5.69 Å². The molecule has 0 aromatic carbocycles. The molecule has 2 aromatic rings. The van der Waals surface area contributed by atoms with Crippen molar-refractivity contribution in [3.63, 3.8) is 0 Å². The molecule has 2 heterocycles. The van der Waals surface area contributed by atoms with Crippen molar-refractivity contribution >= 4 is 17.2 Å². The molecule has 0 aliphatic heterocycles. The lowest BCUT2D eigenvalue weighted by Crippen LogP contribution is -2.37. The van der Waals surface area contributed by atoms with E-state index in [1.54, 1.807) is 11.3 Å². The lowest BCUT2D eigenvalue weighted by Gasteiger charge is -2.22. The van der Waals surface area contributed by atoms with Gasteiger partial charge >= 0.3 is 0 Å². The van der Waals surface area contributed by atoms with E-state index in [1.807, 2.05) is 14.1 Å². The van der Waals surface area contributed by atoms with Crippen LogP contribution in [0.3, 0.4) is 0 Å². The van der Waals surface area contributed by atoms with Gasteiger partial charge in [0, 0.05) is 41.2 Å². The lowest BCUT2D eigenvalue weighted by molar-refractivity contribution is -0.125. The molecule has 0 spiro atoms. The lowest BCUT2D eigenvalue weighted by atomic mass is 9.85. The summed E-state index contributed by atoms with van der Waals surface area (Å²) in [6.07, 6.45) is 2.58. The average Bonchev–Trinajstić information content (AvgIpc) is 3.14. The maximum absolute atomic E-state index is 12.4. The summed E-state index contributed by atoms with van der Waals surface area (Å²) in [7, 11) is 4.02. The molecule has 6 heteroatoms. The monoisotopic (exact) mass is 318 g/mol. The second kappa shape index (κ2) is 6.62. The van der Waals surface area contributed by atoms with Crippen molar-refractivity contribution in [3.05, 3.63) is 28.1 Å². The molecule has 2 aromatic heterocycles. The SMILES string of the molecule is CN(C)CCNC(=O)[C@@H]1CCc2[nH]nc(-c3ccsc3)c2C1. The minimum atomic E-state index is 0.0599. The van der Waals surface area contributed by atoms with Crippen molar-refractivity contribution in [1.29, 1.82) is 0 Å². The first kappa shape index (κ1) is 15.2. The number of nitrogens with zero attached hydrogens (tertiary/aromatic N) is 2. The van der Waals surface area contributed by atoms with E-state index < -0.39 is 0 Å². The Balaban J connectivity index is 1.68. The Morgan fingerprint density at radius 3 is 3.14 bits per heavy atom.